The maximum Gasteiger partial charge on any atom is 0.373 e. The first-order chi connectivity index (χ1) is 6.06. The largest absolute Gasteiger partial charge is 0.475 e. The first-order valence-electron chi connectivity index (χ1n) is 3.37. The molecule has 0 amide bonds. The van der Waals surface area contributed by atoms with E-state index in [1.165, 1.54) is 11.8 Å². The molecule has 0 aromatic carbocycles. The number of hydrogen-bond acceptors (Lipinski definition) is 4. The summed E-state index contributed by atoms with van der Waals surface area (Å²) in [4.78, 5) is 18.3. The summed E-state index contributed by atoms with van der Waals surface area (Å²) >= 11 is 3.53. The van der Waals surface area contributed by atoms with E-state index in [9.17, 15) is 4.79 Å². The fourth-order valence-corrected chi connectivity index (χ4v) is 2.17. The number of hydrogen-bond donors (Lipinski definition) is 1. The lowest BCUT2D eigenvalue weighted by Gasteiger charge is -2.03. The van der Waals surface area contributed by atoms with E-state index in [0.717, 1.165) is 3.57 Å². The van der Waals surface area contributed by atoms with Crippen molar-refractivity contribution in [1.82, 2.24) is 9.97 Å². The summed E-state index contributed by atoms with van der Waals surface area (Å²) in [5, 5.41) is 9.40. The zero-order valence-corrected chi connectivity index (χ0v) is 10.0. The molecule has 0 fully saturated rings. The van der Waals surface area contributed by atoms with Crippen LogP contribution in [0.4, 0.5) is 0 Å². The molecule has 1 rings (SSSR count). The molecule has 0 aliphatic carbocycles. The quantitative estimate of drug-likeness (QED) is 0.513. The Morgan fingerprint density at radius 2 is 2.15 bits per heavy atom. The van der Waals surface area contributed by atoms with Crippen LogP contribution in [0.25, 0.3) is 0 Å². The molecule has 1 heterocycles. The Morgan fingerprint density at radius 1 is 1.54 bits per heavy atom. The number of carbonyl (C=O) groups is 1. The lowest BCUT2D eigenvalue weighted by molar-refractivity contribution is 0.0682. The Morgan fingerprint density at radius 3 is 2.62 bits per heavy atom. The fraction of sp³-hybridized carbons (Fsp3) is 0.286. The maximum atomic E-state index is 10.6. The van der Waals surface area contributed by atoms with Crippen LogP contribution in [-0.2, 0) is 0 Å². The average Bonchev–Trinajstić information content (AvgIpc) is 2.09. The third-order valence-electron chi connectivity index (χ3n) is 1.37. The number of aromatic nitrogens is 2. The average molecular weight is 310 g/mol. The molecule has 1 N–H and O–H groups in total. The first kappa shape index (κ1) is 10.7. The van der Waals surface area contributed by atoms with Crippen LogP contribution in [0.15, 0.2) is 5.03 Å². The zero-order chi connectivity index (χ0) is 10.0. The molecule has 6 heteroatoms. The van der Waals surface area contributed by atoms with Crippen molar-refractivity contribution >= 4 is 40.3 Å². The number of aromatic carboxylic acids is 1. The van der Waals surface area contributed by atoms with Gasteiger partial charge >= 0.3 is 5.97 Å². The van der Waals surface area contributed by atoms with Gasteiger partial charge in [0.2, 0.25) is 5.82 Å². The standard InChI is InChI=1S/C7H7IN2O2S/c1-3-4(8)6(13-2)10-5(9-3)7(11)12/h1-2H3,(H,11,12). The van der Waals surface area contributed by atoms with Crippen LogP contribution in [0.3, 0.4) is 0 Å². The molecule has 0 saturated heterocycles. The molecule has 0 saturated carbocycles. The SMILES string of the molecule is CSc1nc(C(=O)O)nc(C)c1I. The van der Waals surface area contributed by atoms with Crippen molar-refractivity contribution < 1.29 is 9.90 Å². The first-order valence-corrected chi connectivity index (χ1v) is 5.68. The molecule has 0 radical (unpaired) electrons. The zero-order valence-electron chi connectivity index (χ0n) is 7.04. The molecule has 70 valence electrons. The number of halogens is 1. The number of carboxylic acids is 1. The van der Waals surface area contributed by atoms with Crippen molar-refractivity contribution in [3.05, 3.63) is 15.1 Å². The molecule has 0 bridgehead atoms. The van der Waals surface area contributed by atoms with Crippen molar-refractivity contribution in [3.63, 3.8) is 0 Å². The molecule has 13 heavy (non-hydrogen) atoms. The Kier molecular flexibility index (Phi) is 3.48. The smallest absolute Gasteiger partial charge is 0.373 e. The highest BCUT2D eigenvalue weighted by Crippen LogP contribution is 2.21. The molecule has 1 aromatic rings. The molecule has 4 nitrogen and oxygen atoms in total. The van der Waals surface area contributed by atoms with E-state index in [0.29, 0.717) is 10.7 Å². The summed E-state index contributed by atoms with van der Waals surface area (Å²) in [5.41, 5.74) is 0.706. The van der Waals surface area contributed by atoms with Crippen molar-refractivity contribution in [2.75, 3.05) is 6.26 Å². The normalized spacial score (nSPS) is 10.1. The third-order valence-corrected chi connectivity index (χ3v) is 3.71. The number of nitrogens with zero attached hydrogens (tertiary/aromatic N) is 2. The summed E-state index contributed by atoms with van der Waals surface area (Å²) < 4.78 is 0.912. The molecular weight excluding hydrogens is 303 g/mol. The van der Waals surface area contributed by atoms with Gasteiger partial charge in [-0.3, -0.25) is 0 Å². The van der Waals surface area contributed by atoms with Gasteiger partial charge in [0.1, 0.15) is 5.03 Å². The predicted molar refractivity (Wildman–Crippen MR) is 58.2 cm³/mol. The van der Waals surface area contributed by atoms with Crippen LogP contribution in [0.5, 0.6) is 0 Å². The van der Waals surface area contributed by atoms with Gasteiger partial charge in [0.05, 0.1) is 9.26 Å². The van der Waals surface area contributed by atoms with Gasteiger partial charge in [0.15, 0.2) is 0 Å². The highest BCUT2D eigenvalue weighted by molar-refractivity contribution is 14.1. The molecule has 0 atom stereocenters. The van der Waals surface area contributed by atoms with Gasteiger partial charge < -0.3 is 5.11 Å². The van der Waals surface area contributed by atoms with E-state index in [-0.39, 0.29) is 5.82 Å². The van der Waals surface area contributed by atoms with Gasteiger partial charge in [-0.1, -0.05) is 0 Å². The minimum Gasteiger partial charge on any atom is -0.475 e. The Bertz CT molecular complexity index is 357. The molecule has 1 aromatic heterocycles. The number of aryl methyl sites for hydroxylation is 1. The summed E-state index contributed by atoms with van der Waals surface area (Å²) in [6.45, 7) is 1.77. The van der Waals surface area contributed by atoms with E-state index in [1.807, 2.05) is 6.26 Å². The van der Waals surface area contributed by atoms with Crippen LogP contribution < -0.4 is 0 Å². The minimum absolute atomic E-state index is 0.137. The highest BCUT2D eigenvalue weighted by Gasteiger charge is 2.12. The Balaban J connectivity index is 3.30. The summed E-state index contributed by atoms with van der Waals surface area (Å²) in [7, 11) is 0. The second kappa shape index (κ2) is 4.23. The van der Waals surface area contributed by atoms with E-state index < -0.39 is 5.97 Å². The van der Waals surface area contributed by atoms with Gasteiger partial charge in [-0.25, -0.2) is 14.8 Å². The molecule has 0 aliphatic heterocycles. The summed E-state index contributed by atoms with van der Waals surface area (Å²) in [6, 6.07) is 0. The second-order valence-electron chi connectivity index (χ2n) is 2.26. The fourth-order valence-electron chi connectivity index (χ4n) is 0.764. The molecule has 0 aliphatic rings. The Hall–Kier alpha value is -0.370. The van der Waals surface area contributed by atoms with E-state index >= 15 is 0 Å². The van der Waals surface area contributed by atoms with Crippen molar-refractivity contribution in [2.45, 2.75) is 11.9 Å². The van der Waals surface area contributed by atoms with E-state index in [1.54, 1.807) is 6.92 Å². The van der Waals surface area contributed by atoms with Crippen LogP contribution in [0.1, 0.15) is 16.3 Å². The van der Waals surface area contributed by atoms with Crippen molar-refractivity contribution in [3.8, 4) is 0 Å². The topological polar surface area (TPSA) is 63.1 Å². The third kappa shape index (κ3) is 2.31. The van der Waals surface area contributed by atoms with Gasteiger partial charge in [0, 0.05) is 0 Å². The molecule has 0 spiro atoms. The van der Waals surface area contributed by atoms with Crippen molar-refractivity contribution in [2.24, 2.45) is 0 Å². The van der Waals surface area contributed by atoms with Crippen molar-refractivity contribution in [1.29, 1.82) is 0 Å². The van der Waals surface area contributed by atoms with E-state index in [2.05, 4.69) is 32.6 Å². The molecular formula is C7H7IN2O2S. The van der Waals surface area contributed by atoms with Crippen LogP contribution in [0.2, 0.25) is 0 Å². The summed E-state index contributed by atoms with van der Waals surface area (Å²) in [5.74, 6) is -1.22. The van der Waals surface area contributed by atoms with Crippen LogP contribution in [0, 0.1) is 10.5 Å². The van der Waals surface area contributed by atoms with Gasteiger partial charge in [-0.15, -0.1) is 11.8 Å². The van der Waals surface area contributed by atoms with Crippen LogP contribution >= 0.6 is 34.4 Å². The monoisotopic (exact) mass is 310 g/mol. The second-order valence-corrected chi connectivity index (χ2v) is 4.13. The minimum atomic E-state index is -1.09. The van der Waals surface area contributed by atoms with Gasteiger partial charge in [0.25, 0.3) is 0 Å². The van der Waals surface area contributed by atoms with E-state index in [4.69, 9.17) is 5.11 Å². The van der Waals surface area contributed by atoms with Crippen LogP contribution in [-0.4, -0.2) is 27.3 Å². The van der Waals surface area contributed by atoms with Gasteiger partial charge in [-0.2, -0.15) is 0 Å². The highest BCUT2D eigenvalue weighted by atomic mass is 127. The maximum absolute atomic E-state index is 10.6. The number of thioether (sulfide) groups is 1. The lowest BCUT2D eigenvalue weighted by Crippen LogP contribution is -2.07. The predicted octanol–water partition coefficient (Wildman–Crippen LogP) is 1.81. The summed E-state index contributed by atoms with van der Waals surface area (Å²) in [6.07, 6.45) is 1.86. The number of rotatable bonds is 2. The van der Waals surface area contributed by atoms with Gasteiger partial charge in [-0.05, 0) is 35.8 Å². The Labute approximate surface area is 93.3 Å². The lowest BCUT2D eigenvalue weighted by atomic mass is 10.4. The molecule has 0 unspecified atom stereocenters. The number of carboxylic acid groups (broad SMARTS) is 1.